The summed E-state index contributed by atoms with van der Waals surface area (Å²) >= 11 is 0. The van der Waals surface area contributed by atoms with E-state index in [1.54, 1.807) is 37.3 Å². The summed E-state index contributed by atoms with van der Waals surface area (Å²) in [7, 11) is 3.11. The molecule has 148 valence electrons. The number of hydrogen-bond donors (Lipinski definition) is 2. The zero-order valence-corrected chi connectivity index (χ0v) is 16.5. The molecule has 2 aromatic rings. The molecule has 1 saturated heterocycles. The van der Waals surface area contributed by atoms with E-state index >= 15 is 0 Å². The average Bonchev–Trinajstić information content (AvgIpc) is 3.04. The second-order valence-electron chi connectivity index (χ2n) is 6.81. The molecule has 1 aliphatic heterocycles. The molecule has 1 heterocycles. The first-order valence-electron chi connectivity index (χ1n) is 9.09. The molecule has 0 aromatic heterocycles. The van der Waals surface area contributed by atoms with Crippen molar-refractivity contribution in [2.45, 2.75) is 26.3 Å². The molecule has 7 nitrogen and oxygen atoms in total. The van der Waals surface area contributed by atoms with Gasteiger partial charge < -0.3 is 25.0 Å². The lowest BCUT2D eigenvalue weighted by molar-refractivity contribution is -0.117. The van der Waals surface area contributed by atoms with Crippen molar-refractivity contribution in [2.75, 3.05) is 31.0 Å². The highest BCUT2D eigenvalue weighted by molar-refractivity contribution is 5.98. The standard InChI is InChI=1S/C21H25N3O4/c1-13-6-5-7-14(2)20(13)23-21(26)22-15-10-19(25)24(12-15)16-8-9-17(27-3)18(11-16)28-4/h5-9,11,15H,10,12H2,1-4H3,(H2,22,23,26). The second kappa shape index (κ2) is 8.21. The third-order valence-electron chi connectivity index (χ3n) is 4.86. The van der Waals surface area contributed by atoms with Crippen molar-refractivity contribution >= 4 is 23.3 Å². The third-order valence-corrected chi connectivity index (χ3v) is 4.86. The van der Waals surface area contributed by atoms with Gasteiger partial charge in [0.05, 0.1) is 20.3 Å². The molecule has 0 spiro atoms. The van der Waals surface area contributed by atoms with Crippen molar-refractivity contribution in [2.24, 2.45) is 0 Å². The average molecular weight is 383 g/mol. The molecule has 28 heavy (non-hydrogen) atoms. The number of amides is 3. The zero-order chi connectivity index (χ0) is 20.3. The number of carbonyl (C=O) groups excluding carboxylic acids is 2. The number of para-hydroxylation sites is 1. The maximum Gasteiger partial charge on any atom is 0.319 e. The molecule has 0 bridgehead atoms. The normalized spacial score (nSPS) is 16.1. The number of aryl methyl sites for hydroxylation is 2. The van der Waals surface area contributed by atoms with Gasteiger partial charge in [0.25, 0.3) is 0 Å². The minimum absolute atomic E-state index is 0.0513. The summed E-state index contributed by atoms with van der Waals surface area (Å²) in [6, 6.07) is 10.6. The summed E-state index contributed by atoms with van der Waals surface area (Å²) < 4.78 is 10.5. The fraction of sp³-hybridized carbons (Fsp3) is 0.333. The van der Waals surface area contributed by atoms with Crippen LogP contribution < -0.4 is 25.0 Å². The summed E-state index contributed by atoms with van der Waals surface area (Å²) in [5, 5.41) is 5.79. The predicted molar refractivity (Wildman–Crippen MR) is 108 cm³/mol. The van der Waals surface area contributed by atoms with Crippen LogP contribution in [0.1, 0.15) is 17.5 Å². The van der Waals surface area contributed by atoms with Crippen molar-refractivity contribution in [3.8, 4) is 11.5 Å². The molecular weight excluding hydrogens is 358 g/mol. The monoisotopic (exact) mass is 383 g/mol. The molecule has 1 atom stereocenters. The smallest absolute Gasteiger partial charge is 0.319 e. The van der Waals surface area contributed by atoms with Gasteiger partial charge in [-0.2, -0.15) is 0 Å². The van der Waals surface area contributed by atoms with E-state index in [9.17, 15) is 9.59 Å². The highest BCUT2D eigenvalue weighted by Gasteiger charge is 2.32. The van der Waals surface area contributed by atoms with E-state index in [1.807, 2.05) is 32.0 Å². The number of benzene rings is 2. The molecule has 2 aromatic carbocycles. The molecule has 2 N–H and O–H groups in total. The number of anilines is 2. The molecule has 3 rings (SSSR count). The molecule has 3 amide bonds. The highest BCUT2D eigenvalue weighted by atomic mass is 16.5. The van der Waals surface area contributed by atoms with E-state index in [-0.39, 0.29) is 24.4 Å². The first kappa shape index (κ1) is 19.5. The quantitative estimate of drug-likeness (QED) is 0.831. The molecule has 7 heteroatoms. The van der Waals surface area contributed by atoms with Crippen LogP contribution >= 0.6 is 0 Å². The van der Waals surface area contributed by atoms with E-state index in [1.165, 1.54) is 0 Å². The van der Waals surface area contributed by atoms with Crippen LogP contribution in [0.15, 0.2) is 36.4 Å². The number of hydrogen-bond acceptors (Lipinski definition) is 4. The van der Waals surface area contributed by atoms with Gasteiger partial charge in [0.1, 0.15) is 0 Å². The first-order chi connectivity index (χ1) is 13.4. The van der Waals surface area contributed by atoms with Crippen molar-refractivity contribution in [1.29, 1.82) is 0 Å². The summed E-state index contributed by atoms with van der Waals surface area (Å²) in [4.78, 5) is 26.5. The highest BCUT2D eigenvalue weighted by Crippen LogP contribution is 2.33. The second-order valence-corrected chi connectivity index (χ2v) is 6.81. The van der Waals surface area contributed by atoms with Crippen LogP contribution in [-0.4, -0.2) is 38.7 Å². The maximum absolute atomic E-state index is 12.5. The molecule has 0 aliphatic carbocycles. The van der Waals surface area contributed by atoms with Gasteiger partial charge in [0.15, 0.2) is 11.5 Å². The number of nitrogens with one attached hydrogen (secondary N) is 2. The minimum Gasteiger partial charge on any atom is -0.493 e. The lowest BCUT2D eigenvalue weighted by Crippen LogP contribution is -2.40. The van der Waals surface area contributed by atoms with E-state index in [0.717, 1.165) is 16.8 Å². The number of methoxy groups -OCH3 is 2. The van der Waals surface area contributed by atoms with Gasteiger partial charge in [-0.05, 0) is 37.1 Å². The number of urea groups is 1. The van der Waals surface area contributed by atoms with E-state index < -0.39 is 0 Å². The third kappa shape index (κ3) is 4.03. The topological polar surface area (TPSA) is 79.9 Å². The Hall–Kier alpha value is -3.22. The van der Waals surface area contributed by atoms with Crippen LogP contribution in [0.3, 0.4) is 0 Å². The molecule has 1 fully saturated rings. The van der Waals surface area contributed by atoms with Gasteiger partial charge in [-0.15, -0.1) is 0 Å². The van der Waals surface area contributed by atoms with Crippen molar-refractivity contribution in [3.05, 3.63) is 47.5 Å². The Labute approximate surface area is 164 Å². The summed E-state index contributed by atoms with van der Waals surface area (Å²) in [5.74, 6) is 1.10. The summed E-state index contributed by atoms with van der Waals surface area (Å²) in [6.45, 7) is 4.29. The Balaban J connectivity index is 1.67. The van der Waals surface area contributed by atoms with Crippen LogP contribution in [-0.2, 0) is 4.79 Å². The van der Waals surface area contributed by atoms with Crippen LogP contribution in [0.25, 0.3) is 0 Å². The maximum atomic E-state index is 12.5. The zero-order valence-electron chi connectivity index (χ0n) is 16.5. The van der Waals surface area contributed by atoms with Crippen molar-refractivity contribution in [1.82, 2.24) is 5.32 Å². The van der Waals surface area contributed by atoms with Crippen LogP contribution in [0.5, 0.6) is 11.5 Å². The predicted octanol–water partition coefficient (Wildman–Crippen LogP) is 3.25. The Kier molecular flexibility index (Phi) is 5.73. The van der Waals surface area contributed by atoms with Crippen molar-refractivity contribution in [3.63, 3.8) is 0 Å². The number of nitrogens with zero attached hydrogens (tertiary/aromatic N) is 1. The van der Waals surface area contributed by atoms with Crippen LogP contribution in [0.2, 0.25) is 0 Å². The van der Waals surface area contributed by atoms with Gasteiger partial charge in [0.2, 0.25) is 5.91 Å². The Morgan fingerprint density at radius 2 is 1.75 bits per heavy atom. The lowest BCUT2D eigenvalue weighted by atomic mass is 10.1. The number of rotatable bonds is 5. The largest absolute Gasteiger partial charge is 0.493 e. The summed E-state index contributed by atoms with van der Waals surface area (Å²) in [5.41, 5.74) is 3.48. The van der Waals surface area contributed by atoms with Gasteiger partial charge >= 0.3 is 6.03 Å². The Morgan fingerprint density at radius 3 is 2.39 bits per heavy atom. The molecular formula is C21H25N3O4. The fourth-order valence-corrected chi connectivity index (χ4v) is 3.39. The van der Waals surface area contributed by atoms with Gasteiger partial charge in [-0.1, -0.05) is 18.2 Å². The van der Waals surface area contributed by atoms with Gasteiger partial charge in [-0.3, -0.25) is 4.79 Å². The lowest BCUT2D eigenvalue weighted by Gasteiger charge is -2.19. The van der Waals surface area contributed by atoms with Gasteiger partial charge in [-0.25, -0.2) is 4.79 Å². The Morgan fingerprint density at radius 1 is 1.07 bits per heavy atom. The molecule has 0 radical (unpaired) electrons. The number of carbonyl (C=O) groups is 2. The molecule has 1 aliphatic rings. The van der Waals surface area contributed by atoms with E-state index in [4.69, 9.17) is 9.47 Å². The fourth-order valence-electron chi connectivity index (χ4n) is 3.39. The molecule has 0 saturated carbocycles. The van der Waals surface area contributed by atoms with Crippen LogP contribution in [0, 0.1) is 13.8 Å². The van der Waals surface area contributed by atoms with E-state index in [2.05, 4.69) is 10.6 Å². The van der Waals surface area contributed by atoms with Gasteiger partial charge in [0, 0.05) is 30.4 Å². The Bertz CT molecular complexity index is 877. The molecule has 1 unspecified atom stereocenters. The first-order valence-corrected chi connectivity index (χ1v) is 9.09. The van der Waals surface area contributed by atoms with Crippen molar-refractivity contribution < 1.29 is 19.1 Å². The number of ether oxygens (including phenoxy) is 2. The van der Waals surface area contributed by atoms with E-state index in [0.29, 0.717) is 23.7 Å². The summed E-state index contributed by atoms with van der Waals surface area (Å²) in [6.07, 6.45) is 0.245. The van der Waals surface area contributed by atoms with Crippen LogP contribution in [0.4, 0.5) is 16.2 Å². The minimum atomic E-state index is -0.315. The SMILES string of the molecule is COc1ccc(N2CC(NC(=O)Nc3c(C)cccc3C)CC2=O)cc1OC.